The Morgan fingerprint density at radius 2 is 1.83 bits per heavy atom. The van der Waals surface area contributed by atoms with Crippen LogP contribution in [0.15, 0.2) is 64.5 Å². The van der Waals surface area contributed by atoms with Crippen LogP contribution in [0.4, 0.5) is 0 Å². The third kappa shape index (κ3) is 6.29. The largest absolute Gasteiger partial charge is 0.354 e. The van der Waals surface area contributed by atoms with Gasteiger partial charge in [0.25, 0.3) is 0 Å². The molecule has 8 heteroatoms. The van der Waals surface area contributed by atoms with Crippen molar-refractivity contribution in [3.05, 3.63) is 65.7 Å². The first-order chi connectivity index (χ1) is 14.3. The summed E-state index contributed by atoms with van der Waals surface area (Å²) in [5.41, 5.74) is 2.30. The maximum atomic E-state index is 11.4. The fourth-order valence-corrected chi connectivity index (χ4v) is 4.29. The van der Waals surface area contributed by atoms with E-state index in [1.54, 1.807) is 19.2 Å². The van der Waals surface area contributed by atoms with Crippen LogP contribution in [0.1, 0.15) is 30.9 Å². The molecule has 1 fully saturated rings. The number of benzene rings is 2. The Morgan fingerprint density at radius 3 is 2.43 bits per heavy atom. The number of rotatable bonds is 6. The Morgan fingerprint density at radius 1 is 1.13 bits per heavy atom. The average molecular weight is 430 g/mol. The monoisotopic (exact) mass is 429 g/mol. The van der Waals surface area contributed by atoms with E-state index < -0.39 is 10.0 Å². The van der Waals surface area contributed by atoms with Crippen molar-refractivity contribution in [2.24, 2.45) is 10.1 Å². The molecule has 4 N–H and O–H groups in total. The molecule has 7 nitrogen and oxygen atoms in total. The van der Waals surface area contributed by atoms with E-state index in [1.807, 2.05) is 0 Å². The second kappa shape index (κ2) is 10.1. The molecular formula is C22H31N5O2S. The highest BCUT2D eigenvalue weighted by Crippen LogP contribution is 2.20. The summed E-state index contributed by atoms with van der Waals surface area (Å²) < 4.78 is 22.7. The van der Waals surface area contributed by atoms with Crippen molar-refractivity contribution >= 4 is 16.0 Å². The molecule has 0 saturated carbocycles. The molecule has 0 bridgehead atoms. The molecule has 1 aliphatic rings. The minimum absolute atomic E-state index is 0.116. The summed E-state index contributed by atoms with van der Waals surface area (Å²) >= 11 is 0. The van der Waals surface area contributed by atoms with E-state index in [9.17, 15) is 8.42 Å². The zero-order chi connectivity index (χ0) is 21.6. The molecule has 1 aliphatic heterocycles. The first-order valence-corrected chi connectivity index (χ1v) is 11.8. The Hall–Kier alpha value is -2.42. The molecule has 2 aromatic carbocycles. The van der Waals surface area contributed by atoms with Crippen molar-refractivity contribution in [2.75, 3.05) is 13.6 Å². The van der Waals surface area contributed by atoms with Crippen LogP contribution < -0.4 is 15.8 Å². The highest BCUT2D eigenvalue weighted by molar-refractivity contribution is 7.89. The van der Waals surface area contributed by atoms with Crippen LogP contribution in [-0.2, 0) is 23.1 Å². The normalized spacial score (nSPS) is 20.7. The topological polar surface area (TPSA) is 99.8 Å². The zero-order valence-electron chi connectivity index (χ0n) is 17.6. The molecule has 2 unspecified atom stereocenters. The summed E-state index contributed by atoms with van der Waals surface area (Å²) in [6, 6.07) is 18.0. The van der Waals surface area contributed by atoms with E-state index in [-0.39, 0.29) is 4.90 Å². The molecule has 2 atom stereocenters. The lowest BCUT2D eigenvalue weighted by Gasteiger charge is -2.38. The van der Waals surface area contributed by atoms with Crippen molar-refractivity contribution in [3.8, 4) is 0 Å². The van der Waals surface area contributed by atoms with Gasteiger partial charge in [0.1, 0.15) is 0 Å². The number of nitrogens with one attached hydrogen (secondary N) is 2. The average Bonchev–Trinajstić information content (AvgIpc) is 2.73. The number of aliphatic imine (C=N–C) groups is 1. The molecule has 1 heterocycles. The van der Waals surface area contributed by atoms with Gasteiger partial charge >= 0.3 is 0 Å². The number of piperidine rings is 1. The van der Waals surface area contributed by atoms with Gasteiger partial charge < -0.3 is 10.6 Å². The summed E-state index contributed by atoms with van der Waals surface area (Å²) in [6.45, 7) is 4.85. The van der Waals surface area contributed by atoms with E-state index in [2.05, 4.69) is 57.8 Å². The van der Waals surface area contributed by atoms with Gasteiger partial charge in [0.05, 0.1) is 4.90 Å². The Labute approximate surface area is 179 Å². The maximum absolute atomic E-state index is 11.4. The lowest BCUT2D eigenvalue weighted by atomic mass is 9.97. The molecule has 0 radical (unpaired) electrons. The fraction of sp³-hybridized carbons (Fsp3) is 0.409. The molecule has 1 saturated heterocycles. The molecule has 2 aromatic rings. The highest BCUT2D eigenvalue weighted by Gasteiger charge is 2.25. The first-order valence-electron chi connectivity index (χ1n) is 10.2. The standard InChI is InChI=1S/C22H31N5O2S/c1-17-14-20(12-13-27(17)16-19-6-4-3-5-7-19)26-22(24-2)25-15-18-8-10-21(11-9-18)30(23,28)29/h3-11,17,20H,12-16H2,1-2H3,(H2,23,28,29)(H2,24,25,26). The molecule has 3 rings (SSSR count). The van der Waals surface area contributed by atoms with Crippen molar-refractivity contribution in [1.29, 1.82) is 0 Å². The fourth-order valence-electron chi connectivity index (χ4n) is 3.78. The molecule has 0 aliphatic carbocycles. The number of hydrogen-bond donors (Lipinski definition) is 3. The molecule has 0 spiro atoms. The lowest BCUT2D eigenvalue weighted by molar-refractivity contribution is 0.134. The number of nitrogens with zero attached hydrogens (tertiary/aromatic N) is 2. The smallest absolute Gasteiger partial charge is 0.238 e. The number of hydrogen-bond acceptors (Lipinski definition) is 4. The predicted molar refractivity (Wildman–Crippen MR) is 120 cm³/mol. The zero-order valence-corrected chi connectivity index (χ0v) is 18.4. The van der Waals surface area contributed by atoms with Crippen LogP contribution in [0.2, 0.25) is 0 Å². The van der Waals surface area contributed by atoms with Gasteiger partial charge in [0.15, 0.2) is 5.96 Å². The van der Waals surface area contributed by atoms with Gasteiger partial charge in [-0.1, -0.05) is 42.5 Å². The van der Waals surface area contributed by atoms with Crippen LogP contribution in [0.3, 0.4) is 0 Å². The SMILES string of the molecule is CN=C(NCc1ccc(S(N)(=O)=O)cc1)NC1CCN(Cc2ccccc2)C(C)C1. The second-order valence-corrected chi connectivity index (χ2v) is 9.35. The summed E-state index contributed by atoms with van der Waals surface area (Å²) in [4.78, 5) is 6.97. The van der Waals surface area contributed by atoms with Gasteiger partial charge in [-0.25, -0.2) is 13.6 Å². The van der Waals surface area contributed by atoms with Crippen molar-refractivity contribution in [1.82, 2.24) is 15.5 Å². The van der Waals surface area contributed by atoms with E-state index in [1.165, 1.54) is 17.7 Å². The second-order valence-electron chi connectivity index (χ2n) is 7.79. The molecule has 30 heavy (non-hydrogen) atoms. The Kier molecular flexibility index (Phi) is 7.47. The van der Waals surface area contributed by atoms with Crippen LogP contribution in [0, 0.1) is 0 Å². The van der Waals surface area contributed by atoms with E-state index in [0.717, 1.165) is 37.5 Å². The van der Waals surface area contributed by atoms with Gasteiger partial charge in [0.2, 0.25) is 10.0 Å². The third-order valence-electron chi connectivity index (χ3n) is 5.52. The predicted octanol–water partition coefficient (Wildman–Crippen LogP) is 2.05. The maximum Gasteiger partial charge on any atom is 0.238 e. The minimum Gasteiger partial charge on any atom is -0.354 e. The van der Waals surface area contributed by atoms with Gasteiger partial charge in [-0.05, 0) is 43.0 Å². The van der Waals surface area contributed by atoms with Crippen molar-refractivity contribution < 1.29 is 8.42 Å². The van der Waals surface area contributed by atoms with Gasteiger partial charge in [-0.15, -0.1) is 0 Å². The number of sulfonamides is 1. The highest BCUT2D eigenvalue weighted by atomic mass is 32.2. The number of guanidine groups is 1. The van der Waals surface area contributed by atoms with Crippen LogP contribution in [0.5, 0.6) is 0 Å². The van der Waals surface area contributed by atoms with Gasteiger partial charge in [-0.3, -0.25) is 9.89 Å². The van der Waals surface area contributed by atoms with Gasteiger partial charge in [0, 0.05) is 38.8 Å². The van der Waals surface area contributed by atoms with Crippen molar-refractivity contribution in [3.63, 3.8) is 0 Å². The summed E-state index contributed by atoms with van der Waals surface area (Å²) in [5, 5.41) is 12.0. The summed E-state index contributed by atoms with van der Waals surface area (Å²) in [6.07, 6.45) is 2.11. The van der Waals surface area contributed by atoms with Crippen LogP contribution in [-0.4, -0.2) is 45.0 Å². The minimum atomic E-state index is -3.67. The molecule has 0 aromatic heterocycles. The summed E-state index contributed by atoms with van der Waals surface area (Å²) in [7, 11) is -1.91. The molecule has 0 amide bonds. The number of nitrogens with two attached hydrogens (primary N) is 1. The third-order valence-corrected chi connectivity index (χ3v) is 6.45. The number of likely N-dealkylation sites (tertiary alicyclic amines) is 1. The Bertz CT molecular complexity index is 945. The van der Waals surface area contributed by atoms with Gasteiger partial charge in [-0.2, -0.15) is 0 Å². The van der Waals surface area contributed by atoms with E-state index in [4.69, 9.17) is 5.14 Å². The van der Waals surface area contributed by atoms with E-state index in [0.29, 0.717) is 18.6 Å². The quantitative estimate of drug-likeness (QED) is 0.482. The lowest BCUT2D eigenvalue weighted by Crippen LogP contribution is -2.51. The molecular weight excluding hydrogens is 398 g/mol. The molecule has 162 valence electrons. The van der Waals surface area contributed by atoms with Crippen molar-refractivity contribution in [2.45, 2.75) is 49.8 Å². The van der Waals surface area contributed by atoms with Crippen LogP contribution >= 0.6 is 0 Å². The van der Waals surface area contributed by atoms with E-state index >= 15 is 0 Å². The first kappa shape index (κ1) is 22.3. The number of primary sulfonamides is 1. The summed E-state index contributed by atoms with van der Waals surface area (Å²) in [5.74, 6) is 0.749. The Balaban J connectivity index is 1.48. The van der Waals surface area contributed by atoms with Crippen LogP contribution in [0.25, 0.3) is 0 Å².